The zero-order valence-electron chi connectivity index (χ0n) is 12.1. The Bertz CT molecular complexity index is 691. The molecular formula is C15H16ClN3OS. The molecule has 0 unspecified atom stereocenters. The second kappa shape index (κ2) is 6.45. The van der Waals surface area contributed by atoms with Gasteiger partial charge < -0.3 is 4.90 Å². The second-order valence-electron chi connectivity index (χ2n) is 4.81. The van der Waals surface area contributed by atoms with Gasteiger partial charge in [-0.2, -0.15) is 0 Å². The van der Waals surface area contributed by atoms with E-state index in [1.54, 1.807) is 6.07 Å². The van der Waals surface area contributed by atoms with E-state index in [9.17, 15) is 4.79 Å². The van der Waals surface area contributed by atoms with Crippen LogP contribution in [0.5, 0.6) is 0 Å². The van der Waals surface area contributed by atoms with Crippen molar-refractivity contribution in [3.63, 3.8) is 0 Å². The third-order valence-corrected chi connectivity index (χ3v) is 3.67. The number of aryl methyl sites for hydroxylation is 1. The molecule has 2 aromatic rings. The maximum Gasteiger partial charge on any atom is 0.193 e. The first-order valence-electron chi connectivity index (χ1n) is 6.43. The average molecular weight is 322 g/mol. The maximum absolute atomic E-state index is 11.1. The summed E-state index contributed by atoms with van der Waals surface area (Å²) < 4.78 is 0. The van der Waals surface area contributed by atoms with Crippen molar-refractivity contribution in [1.29, 1.82) is 0 Å². The molecule has 0 N–H and O–H groups in total. The van der Waals surface area contributed by atoms with Crippen LogP contribution in [0.3, 0.4) is 0 Å². The van der Waals surface area contributed by atoms with Crippen molar-refractivity contribution in [3.8, 4) is 0 Å². The smallest absolute Gasteiger partial charge is 0.193 e. The number of carbonyl (C=O) groups excluding carboxylic acids is 1. The summed E-state index contributed by atoms with van der Waals surface area (Å²) in [4.78, 5) is 21.5. The van der Waals surface area contributed by atoms with Crippen molar-refractivity contribution in [1.82, 2.24) is 9.97 Å². The van der Waals surface area contributed by atoms with Crippen LogP contribution in [0, 0.1) is 13.8 Å². The molecule has 0 spiro atoms. The zero-order chi connectivity index (χ0) is 15.6. The number of hydrogen-bond acceptors (Lipinski definition) is 4. The van der Waals surface area contributed by atoms with Crippen LogP contribution >= 0.6 is 24.2 Å². The first-order valence-corrected chi connectivity index (χ1v) is 7.26. The van der Waals surface area contributed by atoms with Crippen LogP contribution in [0.4, 0.5) is 11.5 Å². The Hall–Kier alpha value is -1.59. The predicted octanol–water partition coefficient (Wildman–Crippen LogP) is 3.51. The quantitative estimate of drug-likeness (QED) is 0.691. The molecule has 0 saturated carbocycles. The van der Waals surface area contributed by atoms with Crippen molar-refractivity contribution in [2.75, 3.05) is 11.9 Å². The van der Waals surface area contributed by atoms with Crippen LogP contribution in [0.1, 0.15) is 17.0 Å². The third-order valence-electron chi connectivity index (χ3n) is 3.32. The normalized spacial score (nSPS) is 10.5. The van der Waals surface area contributed by atoms with E-state index in [-0.39, 0.29) is 11.5 Å². The van der Waals surface area contributed by atoms with E-state index < -0.39 is 0 Å². The van der Waals surface area contributed by atoms with Gasteiger partial charge in [-0.1, -0.05) is 23.7 Å². The molecule has 0 amide bonds. The Morgan fingerprint density at radius 3 is 2.71 bits per heavy atom. The lowest BCUT2D eigenvalue weighted by atomic mass is 10.1. The molecule has 1 aromatic carbocycles. The largest absolute Gasteiger partial charge is 0.329 e. The van der Waals surface area contributed by atoms with E-state index in [1.165, 1.54) is 11.1 Å². The molecule has 0 saturated heterocycles. The van der Waals surface area contributed by atoms with Crippen molar-refractivity contribution in [3.05, 3.63) is 46.4 Å². The van der Waals surface area contributed by atoms with E-state index in [0.717, 1.165) is 5.69 Å². The Labute approximate surface area is 134 Å². The van der Waals surface area contributed by atoms with Gasteiger partial charge in [0.25, 0.3) is 0 Å². The topological polar surface area (TPSA) is 46.1 Å². The lowest BCUT2D eigenvalue weighted by molar-refractivity contribution is -0.110. The Kier molecular flexibility index (Phi) is 4.85. The number of hydrogen-bond donors (Lipinski definition) is 1. The molecule has 1 aromatic heterocycles. The minimum absolute atomic E-state index is 0.0529. The van der Waals surface area contributed by atoms with Crippen LogP contribution < -0.4 is 4.90 Å². The number of aromatic nitrogens is 2. The molecular weight excluding hydrogens is 306 g/mol. The minimum Gasteiger partial charge on any atom is -0.329 e. The number of carbonyl (C=O) groups is 1. The highest BCUT2D eigenvalue weighted by atomic mass is 35.5. The fourth-order valence-electron chi connectivity index (χ4n) is 2.06. The van der Waals surface area contributed by atoms with Crippen molar-refractivity contribution in [2.45, 2.75) is 20.3 Å². The van der Waals surface area contributed by atoms with Gasteiger partial charge in [-0.25, -0.2) is 9.97 Å². The molecule has 0 aliphatic heterocycles. The number of nitrogens with zero attached hydrogens (tertiary/aromatic N) is 3. The molecule has 0 atom stereocenters. The molecule has 2 rings (SSSR count). The van der Waals surface area contributed by atoms with Gasteiger partial charge >= 0.3 is 0 Å². The zero-order valence-corrected chi connectivity index (χ0v) is 13.7. The Morgan fingerprint density at radius 1 is 1.33 bits per heavy atom. The molecule has 1 heterocycles. The summed E-state index contributed by atoms with van der Waals surface area (Å²) in [6.07, 6.45) is 0.0529. The van der Waals surface area contributed by atoms with Gasteiger partial charge in [-0.05, 0) is 31.0 Å². The Balaban J connectivity index is 2.43. The SMILES string of the molecule is Cc1cccc(N(C)c2cc(Cl)nc(CC(=O)S)n2)c1C. The third kappa shape index (κ3) is 3.74. The molecule has 21 heavy (non-hydrogen) atoms. The van der Waals surface area contributed by atoms with E-state index in [2.05, 4.69) is 42.5 Å². The Morgan fingerprint density at radius 2 is 2.05 bits per heavy atom. The number of halogens is 1. The molecule has 4 nitrogen and oxygen atoms in total. The fourth-order valence-corrected chi connectivity index (χ4v) is 2.40. The van der Waals surface area contributed by atoms with Gasteiger partial charge in [0.15, 0.2) is 5.12 Å². The molecule has 110 valence electrons. The molecule has 0 aliphatic rings. The number of anilines is 2. The van der Waals surface area contributed by atoms with Crippen LogP contribution in [-0.2, 0) is 11.2 Å². The van der Waals surface area contributed by atoms with Gasteiger partial charge in [0.1, 0.15) is 16.8 Å². The van der Waals surface area contributed by atoms with Crippen LogP contribution in [-0.4, -0.2) is 22.1 Å². The van der Waals surface area contributed by atoms with Gasteiger partial charge in [0.2, 0.25) is 0 Å². The molecule has 6 heteroatoms. The monoisotopic (exact) mass is 321 g/mol. The first kappa shape index (κ1) is 15.8. The lowest BCUT2D eigenvalue weighted by Gasteiger charge is -2.22. The lowest BCUT2D eigenvalue weighted by Crippen LogP contribution is -2.15. The van der Waals surface area contributed by atoms with E-state index in [4.69, 9.17) is 11.6 Å². The summed E-state index contributed by atoms with van der Waals surface area (Å²) in [5, 5.41) is 0.0133. The minimum atomic E-state index is -0.294. The highest BCUT2D eigenvalue weighted by Crippen LogP contribution is 2.28. The summed E-state index contributed by atoms with van der Waals surface area (Å²) in [6, 6.07) is 7.75. The summed E-state index contributed by atoms with van der Waals surface area (Å²) >= 11 is 9.78. The van der Waals surface area contributed by atoms with E-state index in [1.807, 2.05) is 24.1 Å². The van der Waals surface area contributed by atoms with Gasteiger partial charge in [-0.15, -0.1) is 12.6 Å². The highest BCUT2D eigenvalue weighted by molar-refractivity contribution is 7.96. The standard InChI is InChI=1S/C15H16ClN3OS/c1-9-5-4-6-11(10(9)2)19(3)14-7-12(16)17-13(18-14)8-15(20)21/h4-7H,8H2,1-3H3,(H,20,21). The fraction of sp³-hybridized carbons (Fsp3) is 0.267. The number of benzene rings is 1. The molecule has 0 aliphatic carbocycles. The van der Waals surface area contributed by atoms with Crippen LogP contribution in [0.2, 0.25) is 5.15 Å². The molecule has 0 fully saturated rings. The maximum atomic E-state index is 11.1. The average Bonchev–Trinajstić information content (AvgIpc) is 2.39. The first-order chi connectivity index (χ1) is 9.88. The number of rotatable bonds is 4. The van der Waals surface area contributed by atoms with Crippen molar-refractivity contribution in [2.24, 2.45) is 0 Å². The van der Waals surface area contributed by atoms with E-state index >= 15 is 0 Å². The molecule has 0 bridgehead atoms. The second-order valence-corrected chi connectivity index (χ2v) is 5.70. The highest BCUT2D eigenvalue weighted by Gasteiger charge is 2.13. The van der Waals surface area contributed by atoms with Gasteiger partial charge in [0, 0.05) is 18.8 Å². The van der Waals surface area contributed by atoms with Crippen molar-refractivity contribution >= 4 is 40.9 Å². The van der Waals surface area contributed by atoms with Gasteiger partial charge in [0.05, 0.1) is 6.42 Å². The number of thiol groups is 1. The molecule has 0 radical (unpaired) electrons. The summed E-state index contributed by atoms with van der Waals surface area (Å²) in [5.41, 5.74) is 3.40. The van der Waals surface area contributed by atoms with Gasteiger partial charge in [-0.3, -0.25) is 4.79 Å². The van der Waals surface area contributed by atoms with Crippen LogP contribution in [0.25, 0.3) is 0 Å². The van der Waals surface area contributed by atoms with E-state index in [0.29, 0.717) is 16.8 Å². The van der Waals surface area contributed by atoms with Crippen molar-refractivity contribution < 1.29 is 4.79 Å². The predicted molar refractivity (Wildman–Crippen MR) is 88.7 cm³/mol. The summed E-state index contributed by atoms with van der Waals surface area (Å²) in [7, 11) is 1.91. The van der Waals surface area contributed by atoms with Crippen LogP contribution in [0.15, 0.2) is 24.3 Å². The summed E-state index contributed by atoms with van der Waals surface area (Å²) in [5.74, 6) is 1.02. The summed E-state index contributed by atoms with van der Waals surface area (Å²) in [6.45, 7) is 4.12.